The lowest BCUT2D eigenvalue weighted by Gasteiger charge is -2.57. The van der Waals surface area contributed by atoms with E-state index in [1.165, 1.54) is 44.9 Å². The van der Waals surface area contributed by atoms with E-state index in [1.54, 1.807) is 0 Å². The summed E-state index contributed by atoms with van der Waals surface area (Å²) in [7, 11) is 0. The van der Waals surface area contributed by atoms with Crippen molar-refractivity contribution in [2.75, 3.05) is 13.1 Å². The van der Waals surface area contributed by atoms with Gasteiger partial charge in [0.1, 0.15) is 0 Å². The van der Waals surface area contributed by atoms with Crippen LogP contribution in [0.25, 0.3) is 0 Å². The van der Waals surface area contributed by atoms with Gasteiger partial charge in [0.05, 0.1) is 5.41 Å². The van der Waals surface area contributed by atoms with E-state index < -0.39 is 0 Å². The summed E-state index contributed by atoms with van der Waals surface area (Å²) in [6.07, 6.45) is 10.2. The Morgan fingerprint density at radius 3 is 2.24 bits per heavy atom. The third-order valence-electron chi connectivity index (χ3n) is 7.11. The van der Waals surface area contributed by atoms with Gasteiger partial charge in [0, 0.05) is 19.1 Å². The average Bonchev–Trinajstić information content (AvgIpc) is 2.44. The van der Waals surface area contributed by atoms with Crippen LogP contribution < -0.4 is 5.73 Å². The molecule has 0 aromatic carbocycles. The van der Waals surface area contributed by atoms with Crippen molar-refractivity contribution >= 4 is 5.91 Å². The number of carbonyl (C=O) groups excluding carboxylic acids is 1. The Morgan fingerprint density at radius 2 is 1.71 bits per heavy atom. The van der Waals surface area contributed by atoms with Crippen molar-refractivity contribution in [2.45, 2.75) is 64.3 Å². The number of hydrogen-bond acceptors (Lipinski definition) is 2. The molecule has 21 heavy (non-hydrogen) atoms. The molecule has 0 spiro atoms. The maximum Gasteiger partial charge on any atom is 0.229 e. The van der Waals surface area contributed by atoms with Crippen LogP contribution in [-0.4, -0.2) is 29.9 Å². The monoisotopic (exact) mass is 290 g/mol. The van der Waals surface area contributed by atoms with E-state index in [0.29, 0.717) is 24.4 Å². The molecule has 1 saturated heterocycles. The lowest BCUT2D eigenvalue weighted by molar-refractivity contribution is -0.162. The van der Waals surface area contributed by atoms with Gasteiger partial charge in [-0.15, -0.1) is 0 Å². The van der Waals surface area contributed by atoms with Crippen molar-refractivity contribution < 1.29 is 4.79 Å². The summed E-state index contributed by atoms with van der Waals surface area (Å²) >= 11 is 0. The number of likely N-dealkylation sites (tertiary alicyclic amines) is 1. The molecule has 1 heterocycles. The molecule has 0 radical (unpaired) electrons. The highest BCUT2D eigenvalue weighted by Crippen LogP contribution is 2.60. The SMILES string of the molecule is CC1CCCN(C(=O)C23CC4CC(CC(C4)C2)C3)C1CN. The molecule has 1 amide bonds. The van der Waals surface area contributed by atoms with E-state index in [2.05, 4.69) is 11.8 Å². The largest absolute Gasteiger partial charge is 0.338 e. The summed E-state index contributed by atoms with van der Waals surface area (Å²) in [6, 6.07) is 0.291. The Balaban J connectivity index is 1.59. The molecule has 1 aliphatic heterocycles. The smallest absolute Gasteiger partial charge is 0.229 e. The zero-order valence-corrected chi connectivity index (χ0v) is 13.4. The maximum atomic E-state index is 13.4. The first kappa shape index (κ1) is 14.0. The topological polar surface area (TPSA) is 46.3 Å². The fourth-order valence-electron chi connectivity index (χ4n) is 6.54. The van der Waals surface area contributed by atoms with Gasteiger partial charge in [0.15, 0.2) is 0 Å². The number of hydrogen-bond donors (Lipinski definition) is 1. The number of nitrogens with two attached hydrogens (primary N) is 1. The third kappa shape index (κ3) is 2.15. The number of carbonyl (C=O) groups is 1. The Labute approximate surface area is 128 Å². The number of piperidine rings is 1. The van der Waals surface area contributed by atoms with E-state index in [0.717, 1.165) is 30.7 Å². The summed E-state index contributed by atoms with van der Waals surface area (Å²) in [6.45, 7) is 3.86. The van der Waals surface area contributed by atoms with E-state index in [1.807, 2.05) is 0 Å². The first-order valence-corrected chi connectivity index (χ1v) is 9.12. The van der Waals surface area contributed by atoms with Crippen LogP contribution in [0.4, 0.5) is 0 Å². The fraction of sp³-hybridized carbons (Fsp3) is 0.944. The molecule has 3 heteroatoms. The Morgan fingerprint density at radius 1 is 1.14 bits per heavy atom. The number of rotatable bonds is 2. The van der Waals surface area contributed by atoms with E-state index in [4.69, 9.17) is 5.73 Å². The van der Waals surface area contributed by atoms with Gasteiger partial charge in [0.25, 0.3) is 0 Å². The van der Waals surface area contributed by atoms with Crippen molar-refractivity contribution in [2.24, 2.45) is 34.8 Å². The van der Waals surface area contributed by atoms with Crippen LogP contribution in [0.15, 0.2) is 0 Å². The minimum Gasteiger partial charge on any atom is -0.338 e. The van der Waals surface area contributed by atoms with E-state index in [-0.39, 0.29) is 5.41 Å². The molecular weight excluding hydrogens is 260 g/mol. The van der Waals surface area contributed by atoms with Crippen molar-refractivity contribution in [3.05, 3.63) is 0 Å². The van der Waals surface area contributed by atoms with Crippen LogP contribution in [0.3, 0.4) is 0 Å². The maximum absolute atomic E-state index is 13.4. The zero-order valence-electron chi connectivity index (χ0n) is 13.4. The molecule has 5 fully saturated rings. The van der Waals surface area contributed by atoms with Crippen molar-refractivity contribution in [1.29, 1.82) is 0 Å². The highest BCUT2D eigenvalue weighted by atomic mass is 16.2. The summed E-state index contributed by atoms with van der Waals surface area (Å²) < 4.78 is 0. The molecule has 0 aromatic heterocycles. The van der Waals surface area contributed by atoms with Gasteiger partial charge in [0.2, 0.25) is 5.91 Å². The van der Waals surface area contributed by atoms with E-state index >= 15 is 0 Å². The Hall–Kier alpha value is -0.570. The van der Waals surface area contributed by atoms with E-state index in [9.17, 15) is 4.79 Å². The van der Waals surface area contributed by atoms with Gasteiger partial charge < -0.3 is 10.6 Å². The predicted octanol–water partition coefficient (Wildman–Crippen LogP) is 2.79. The molecule has 118 valence electrons. The number of nitrogens with zero attached hydrogens (tertiary/aromatic N) is 1. The molecule has 0 aromatic rings. The van der Waals surface area contributed by atoms with Gasteiger partial charge in [-0.05, 0) is 75.0 Å². The molecule has 4 aliphatic carbocycles. The average molecular weight is 290 g/mol. The Bertz CT molecular complexity index is 398. The van der Waals surface area contributed by atoms with Crippen molar-refractivity contribution in [3.8, 4) is 0 Å². The molecule has 5 rings (SSSR count). The molecule has 5 aliphatic rings. The van der Waals surface area contributed by atoms with Gasteiger partial charge in [-0.1, -0.05) is 6.92 Å². The zero-order chi connectivity index (χ0) is 14.6. The van der Waals surface area contributed by atoms with Gasteiger partial charge in [-0.3, -0.25) is 4.79 Å². The molecule has 3 nitrogen and oxygen atoms in total. The van der Waals surface area contributed by atoms with Crippen LogP contribution in [0.1, 0.15) is 58.3 Å². The molecule has 2 N–H and O–H groups in total. The van der Waals surface area contributed by atoms with Crippen LogP contribution in [-0.2, 0) is 4.79 Å². The second kappa shape index (κ2) is 4.97. The third-order valence-corrected chi connectivity index (χ3v) is 7.11. The molecule has 4 saturated carbocycles. The summed E-state index contributed by atoms with van der Waals surface area (Å²) in [5.41, 5.74) is 6.03. The van der Waals surface area contributed by atoms with Crippen molar-refractivity contribution in [1.82, 2.24) is 4.90 Å². The normalized spacial score (nSPS) is 48.7. The second-order valence-electron chi connectivity index (χ2n) is 8.62. The van der Waals surface area contributed by atoms with Crippen molar-refractivity contribution in [3.63, 3.8) is 0 Å². The molecule has 2 atom stereocenters. The molecular formula is C18H30N2O. The summed E-state index contributed by atoms with van der Waals surface area (Å²) in [5.74, 6) is 3.60. The van der Waals surface area contributed by atoms with Gasteiger partial charge >= 0.3 is 0 Å². The first-order chi connectivity index (χ1) is 10.1. The first-order valence-electron chi connectivity index (χ1n) is 9.12. The number of amides is 1. The second-order valence-corrected chi connectivity index (χ2v) is 8.62. The lowest BCUT2D eigenvalue weighted by atomic mass is 9.49. The quantitative estimate of drug-likeness (QED) is 0.850. The Kier molecular flexibility index (Phi) is 3.33. The molecule has 4 bridgehead atoms. The van der Waals surface area contributed by atoms with Gasteiger partial charge in [-0.2, -0.15) is 0 Å². The van der Waals surface area contributed by atoms with Crippen LogP contribution >= 0.6 is 0 Å². The summed E-state index contributed by atoms with van der Waals surface area (Å²) in [4.78, 5) is 15.6. The predicted molar refractivity (Wildman–Crippen MR) is 83.6 cm³/mol. The van der Waals surface area contributed by atoms with Crippen LogP contribution in [0.5, 0.6) is 0 Å². The van der Waals surface area contributed by atoms with Crippen LogP contribution in [0, 0.1) is 29.1 Å². The summed E-state index contributed by atoms with van der Waals surface area (Å²) in [5, 5.41) is 0. The highest BCUT2D eigenvalue weighted by Gasteiger charge is 2.56. The highest BCUT2D eigenvalue weighted by molar-refractivity contribution is 5.83. The standard InChI is InChI=1S/C18H30N2O/c1-12-3-2-4-20(16(12)11-19)17(21)18-8-13-5-14(9-18)7-15(6-13)10-18/h12-16H,2-11,19H2,1H3. The minimum atomic E-state index is 0.0131. The minimum absolute atomic E-state index is 0.0131. The lowest BCUT2D eigenvalue weighted by Crippen LogP contribution is -2.60. The van der Waals surface area contributed by atoms with Crippen LogP contribution in [0.2, 0.25) is 0 Å². The molecule has 2 unspecified atom stereocenters. The fourth-order valence-corrected chi connectivity index (χ4v) is 6.54. The van der Waals surface area contributed by atoms with Gasteiger partial charge in [-0.25, -0.2) is 0 Å².